The molecular formula is C12H18FNO2S. The molecule has 0 saturated heterocycles. The first kappa shape index (κ1) is 14.1. The van der Waals surface area contributed by atoms with Crippen LogP contribution in [0.2, 0.25) is 0 Å². The molecule has 1 rings (SSSR count). The van der Waals surface area contributed by atoms with E-state index in [9.17, 15) is 12.8 Å². The summed E-state index contributed by atoms with van der Waals surface area (Å²) < 4.78 is 37.3. The molecule has 0 heterocycles. The third-order valence-corrected chi connectivity index (χ3v) is 5.28. The Morgan fingerprint density at radius 2 is 1.88 bits per heavy atom. The van der Waals surface area contributed by atoms with E-state index in [1.807, 2.05) is 0 Å². The lowest BCUT2D eigenvalue weighted by molar-refractivity contribution is 0.529. The average Bonchev–Trinajstić information content (AvgIpc) is 2.30. The van der Waals surface area contributed by atoms with Crippen LogP contribution in [0.4, 0.5) is 4.39 Å². The van der Waals surface area contributed by atoms with E-state index in [1.54, 1.807) is 26.0 Å². The van der Waals surface area contributed by atoms with Crippen LogP contribution in [0.3, 0.4) is 0 Å². The van der Waals surface area contributed by atoms with E-state index in [4.69, 9.17) is 5.73 Å². The van der Waals surface area contributed by atoms with Gasteiger partial charge in [0.2, 0.25) is 0 Å². The second-order valence-corrected chi connectivity index (χ2v) is 6.45. The fourth-order valence-electron chi connectivity index (χ4n) is 1.89. The first-order chi connectivity index (χ1) is 7.94. The van der Waals surface area contributed by atoms with Crippen LogP contribution >= 0.6 is 0 Å². The molecule has 0 aliphatic rings. The van der Waals surface area contributed by atoms with Gasteiger partial charge in [0.15, 0.2) is 9.84 Å². The fourth-order valence-corrected chi connectivity index (χ4v) is 3.42. The lowest BCUT2D eigenvalue weighted by Gasteiger charge is -2.22. The molecule has 0 bridgehead atoms. The monoisotopic (exact) mass is 259 g/mol. The molecule has 0 aliphatic carbocycles. The van der Waals surface area contributed by atoms with E-state index in [0.717, 1.165) is 0 Å². The summed E-state index contributed by atoms with van der Waals surface area (Å²) in [5.41, 5.74) is 6.15. The molecule has 0 aromatic heterocycles. The highest BCUT2D eigenvalue weighted by Gasteiger charge is 2.30. The third kappa shape index (κ3) is 3.04. The number of halogens is 1. The Morgan fingerprint density at radius 1 is 1.29 bits per heavy atom. The van der Waals surface area contributed by atoms with E-state index >= 15 is 0 Å². The molecule has 2 N–H and O–H groups in total. The summed E-state index contributed by atoms with van der Waals surface area (Å²) in [6.45, 7) is 3.32. The van der Waals surface area contributed by atoms with Crippen molar-refractivity contribution in [2.45, 2.75) is 31.6 Å². The first-order valence-corrected chi connectivity index (χ1v) is 7.37. The molecule has 0 radical (unpaired) electrons. The van der Waals surface area contributed by atoms with Gasteiger partial charge >= 0.3 is 0 Å². The zero-order chi connectivity index (χ0) is 13.1. The van der Waals surface area contributed by atoms with Crippen molar-refractivity contribution in [3.63, 3.8) is 0 Å². The highest BCUT2D eigenvalue weighted by molar-refractivity contribution is 7.92. The van der Waals surface area contributed by atoms with Crippen molar-refractivity contribution < 1.29 is 12.8 Å². The molecule has 0 spiro atoms. The van der Waals surface area contributed by atoms with Crippen LogP contribution in [-0.2, 0) is 9.84 Å². The average molecular weight is 259 g/mol. The van der Waals surface area contributed by atoms with Gasteiger partial charge in [0, 0.05) is 17.4 Å². The van der Waals surface area contributed by atoms with Crippen molar-refractivity contribution in [1.29, 1.82) is 0 Å². The van der Waals surface area contributed by atoms with Crippen LogP contribution in [-0.4, -0.2) is 19.4 Å². The summed E-state index contributed by atoms with van der Waals surface area (Å²) >= 11 is 0. The molecule has 2 atom stereocenters. The summed E-state index contributed by atoms with van der Waals surface area (Å²) in [6.07, 6.45) is 0.381. The first-order valence-electron chi connectivity index (χ1n) is 5.65. The van der Waals surface area contributed by atoms with E-state index in [-0.39, 0.29) is 11.3 Å². The van der Waals surface area contributed by atoms with Crippen LogP contribution in [0, 0.1) is 5.82 Å². The van der Waals surface area contributed by atoms with Crippen LogP contribution in [0.1, 0.15) is 31.9 Å². The molecule has 17 heavy (non-hydrogen) atoms. The van der Waals surface area contributed by atoms with Crippen molar-refractivity contribution in [3.8, 4) is 0 Å². The molecule has 0 unspecified atom stereocenters. The summed E-state index contributed by atoms with van der Waals surface area (Å²) in [6, 6.07) is 5.23. The molecule has 1 aromatic rings. The summed E-state index contributed by atoms with van der Waals surface area (Å²) in [4.78, 5) is 0. The zero-order valence-corrected chi connectivity index (χ0v) is 10.9. The smallest absolute Gasteiger partial charge is 0.154 e. The van der Waals surface area contributed by atoms with Gasteiger partial charge < -0.3 is 5.73 Å². The predicted molar refractivity (Wildman–Crippen MR) is 66.9 cm³/mol. The van der Waals surface area contributed by atoms with Gasteiger partial charge in [-0.2, -0.15) is 0 Å². The van der Waals surface area contributed by atoms with E-state index in [2.05, 4.69) is 0 Å². The molecule has 0 aliphatic heterocycles. The minimum atomic E-state index is -3.27. The Labute approximate surface area is 102 Å². The molecular weight excluding hydrogens is 241 g/mol. The minimum absolute atomic E-state index is 0.0215. The van der Waals surface area contributed by atoms with Crippen LogP contribution < -0.4 is 5.73 Å². The lowest BCUT2D eigenvalue weighted by Crippen LogP contribution is -2.34. The number of benzene rings is 1. The quantitative estimate of drug-likeness (QED) is 0.880. The van der Waals surface area contributed by atoms with E-state index < -0.39 is 26.9 Å². The number of sulfone groups is 1. The fraction of sp³-hybridized carbons (Fsp3) is 0.500. The normalized spacial score (nSPS) is 15.5. The van der Waals surface area contributed by atoms with Crippen LogP contribution in [0.15, 0.2) is 24.3 Å². The van der Waals surface area contributed by atoms with Crippen molar-refractivity contribution >= 4 is 9.84 Å². The Morgan fingerprint density at radius 3 is 2.35 bits per heavy atom. The SMILES string of the molecule is CC[C@H]([C@H](N)c1ccccc1F)S(=O)(=O)CC. The second kappa shape index (κ2) is 5.60. The van der Waals surface area contributed by atoms with Gasteiger partial charge in [-0.3, -0.25) is 0 Å². The predicted octanol–water partition coefficient (Wildman–Crippen LogP) is 2.04. The van der Waals surface area contributed by atoms with Gasteiger partial charge in [0.05, 0.1) is 5.25 Å². The molecule has 5 heteroatoms. The molecule has 1 aromatic carbocycles. The number of rotatable bonds is 5. The summed E-state index contributed by atoms with van der Waals surface area (Å²) in [5.74, 6) is -0.432. The Kier molecular flexibility index (Phi) is 4.65. The highest BCUT2D eigenvalue weighted by atomic mass is 32.2. The number of hydrogen-bond donors (Lipinski definition) is 1. The van der Waals surface area contributed by atoms with E-state index in [1.165, 1.54) is 12.1 Å². The Hall–Kier alpha value is -0.940. The summed E-state index contributed by atoms with van der Waals surface area (Å²) in [5, 5.41) is -0.732. The van der Waals surface area contributed by atoms with Gasteiger partial charge in [-0.1, -0.05) is 32.0 Å². The van der Waals surface area contributed by atoms with Crippen LogP contribution in [0.5, 0.6) is 0 Å². The van der Waals surface area contributed by atoms with E-state index in [0.29, 0.717) is 6.42 Å². The maximum absolute atomic E-state index is 13.6. The molecule has 0 fully saturated rings. The molecule has 96 valence electrons. The zero-order valence-electron chi connectivity index (χ0n) is 10.1. The topological polar surface area (TPSA) is 60.2 Å². The number of nitrogens with two attached hydrogens (primary N) is 1. The maximum Gasteiger partial charge on any atom is 0.154 e. The van der Waals surface area contributed by atoms with Gasteiger partial charge in [-0.05, 0) is 12.5 Å². The Balaban J connectivity index is 3.11. The largest absolute Gasteiger partial charge is 0.323 e. The number of hydrogen-bond acceptors (Lipinski definition) is 3. The lowest BCUT2D eigenvalue weighted by atomic mass is 10.0. The van der Waals surface area contributed by atoms with Gasteiger partial charge in [-0.25, -0.2) is 12.8 Å². The van der Waals surface area contributed by atoms with Crippen molar-refractivity contribution in [2.75, 3.05) is 5.75 Å². The molecule has 0 saturated carbocycles. The molecule has 3 nitrogen and oxygen atoms in total. The Bertz CT molecular complexity index is 473. The van der Waals surface area contributed by atoms with Gasteiger partial charge in [0.25, 0.3) is 0 Å². The van der Waals surface area contributed by atoms with Crippen LogP contribution in [0.25, 0.3) is 0 Å². The minimum Gasteiger partial charge on any atom is -0.323 e. The third-order valence-electron chi connectivity index (χ3n) is 2.93. The molecule has 0 amide bonds. The highest BCUT2D eigenvalue weighted by Crippen LogP contribution is 2.24. The summed E-state index contributed by atoms with van der Waals surface area (Å²) in [7, 11) is -3.27. The van der Waals surface area contributed by atoms with Crippen molar-refractivity contribution in [3.05, 3.63) is 35.6 Å². The van der Waals surface area contributed by atoms with Gasteiger partial charge in [0.1, 0.15) is 5.82 Å². The van der Waals surface area contributed by atoms with Crippen molar-refractivity contribution in [2.24, 2.45) is 5.73 Å². The second-order valence-electron chi connectivity index (χ2n) is 3.95. The van der Waals surface area contributed by atoms with Crippen molar-refractivity contribution in [1.82, 2.24) is 0 Å². The maximum atomic E-state index is 13.6. The standard InChI is InChI=1S/C12H18FNO2S/c1-3-11(17(15,16)4-2)12(14)9-7-5-6-8-10(9)13/h5-8,11-12H,3-4,14H2,1-2H3/t11-,12-/m1/s1. The van der Waals surface area contributed by atoms with Gasteiger partial charge in [-0.15, -0.1) is 0 Å².